The average Bonchev–Trinajstić information content (AvgIpc) is 2.61. The van der Waals surface area contributed by atoms with Crippen molar-refractivity contribution >= 4 is 22.5 Å². The van der Waals surface area contributed by atoms with Gasteiger partial charge in [-0.25, -0.2) is 0 Å². The second-order valence-electron chi connectivity index (χ2n) is 7.20. The number of aromatic amines is 1. The number of para-hydroxylation sites is 1. The first-order chi connectivity index (χ1) is 12.3. The number of ether oxygens (including phenoxy) is 1. The Morgan fingerprint density at radius 3 is 2.54 bits per heavy atom. The van der Waals surface area contributed by atoms with Gasteiger partial charge in [0.05, 0.1) is 12.8 Å². The zero-order chi connectivity index (χ0) is 18.9. The predicted octanol–water partition coefficient (Wildman–Crippen LogP) is 4.09. The van der Waals surface area contributed by atoms with Gasteiger partial charge in [0.25, 0.3) is 5.91 Å². The van der Waals surface area contributed by atoms with E-state index in [1.165, 1.54) is 6.20 Å². The van der Waals surface area contributed by atoms with Crippen molar-refractivity contribution in [2.75, 3.05) is 12.4 Å². The SMILES string of the molecule is COc1ccc(C(C)(C)C)cc1NC(=O)c1c[nH]c2ccccc2c1=O. The first-order valence-electron chi connectivity index (χ1n) is 8.41. The molecule has 5 nitrogen and oxygen atoms in total. The van der Waals surface area contributed by atoms with Gasteiger partial charge in [0.15, 0.2) is 0 Å². The van der Waals surface area contributed by atoms with Crippen molar-refractivity contribution in [2.45, 2.75) is 26.2 Å². The van der Waals surface area contributed by atoms with Gasteiger partial charge in [0.1, 0.15) is 11.3 Å². The third-order valence-corrected chi connectivity index (χ3v) is 4.35. The van der Waals surface area contributed by atoms with E-state index in [1.54, 1.807) is 25.3 Å². The number of rotatable bonds is 3. The van der Waals surface area contributed by atoms with Crippen LogP contribution in [0.2, 0.25) is 0 Å². The molecule has 1 amide bonds. The molecule has 1 aromatic heterocycles. The number of anilines is 1. The topological polar surface area (TPSA) is 71.2 Å². The van der Waals surface area contributed by atoms with Gasteiger partial charge in [0.2, 0.25) is 5.43 Å². The van der Waals surface area contributed by atoms with E-state index in [-0.39, 0.29) is 16.4 Å². The summed E-state index contributed by atoms with van der Waals surface area (Å²) in [6.07, 6.45) is 1.44. The lowest BCUT2D eigenvalue weighted by Crippen LogP contribution is -2.22. The number of fused-ring (bicyclic) bond motifs is 1. The summed E-state index contributed by atoms with van der Waals surface area (Å²) in [5.41, 5.74) is 1.97. The summed E-state index contributed by atoms with van der Waals surface area (Å²) in [5.74, 6) is 0.0740. The lowest BCUT2D eigenvalue weighted by molar-refractivity contribution is 0.102. The maximum absolute atomic E-state index is 12.7. The summed E-state index contributed by atoms with van der Waals surface area (Å²) in [7, 11) is 1.55. The number of carbonyl (C=O) groups excluding carboxylic acids is 1. The number of hydrogen-bond donors (Lipinski definition) is 2. The van der Waals surface area contributed by atoms with E-state index in [4.69, 9.17) is 4.74 Å². The maximum atomic E-state index is 12.7. The van der Waals surface area contributed by atoms with Crippen LogP contribution >= 0.6 is 0 Å². The minimum absolute atomic E-state index is 0.0620. The van der Waals surface area contributed by atoms with E-state index < -0.39 is 5.91 Å². The zero-order valence-corrected chi connectivity index (χ0v) is 15.3. The molecule has 0 spiro atoms. The first-order valence-corrected chi connectivity index (χ1v) is 8.41. The molecule has 1 heterocycles. The van der Waals surface area contributed by atoms with Crippen molar-refractivity contribution in [1.29, 1.82) is 0 Å². The Hall–Kier alpha value is -3.08. The molecule has 0 bridgehead atoms. The molecule has 3 aromatic rings. The Morgan fingerprint density at radius 2 is 1.85 bits per heavy atom. The molecule has 0 aliphatic carbocycles. The molecule has 134 valence electrons. The van der Waals surface area contributed by atoms with Crippen molar-refractivity contribution in [3.05, 3.63) is 70.0 Å². The van der Waals surface area contributed by atoms with Gasteiger partial charge in [-0.3, -0.25) is 9.59 Å². The number of hydrogen-bond acceptors (Lipinski definition) is 3. The number of nitrogens with one attached hydrogen (secondary N) is 2. The second kappa shape index (κ2) is 6.67. The van der Waals surface area contributed by atoms with Crippen LogP contribution in [0.1, 0.15) is 36.7 Å². The third-order valence-electron chi connectivity index (χ3n) is 4.35. The van der Waals surface area contributed by atoms with Crippen LogP contribution in [0.25, 0.3) is 10.9 Å². The maximum Gasteiger partial charge on any atom is 0.261 e. The first kappa shape index (κ1) is 17.7. The number of H-pyrrole nitrogens is 1. The molecule has 0 atom stereocenters. The normalized spacial score (nSPS) is 11.4. The Kier molecular flexibility index (Phi) is 4.55. The summed E-state index contributed by atoms with van der Waals surface area (Å²) in [6.45, 7) is 6.28. The molecule has 0 radical (unpaired) electrons. The van der Waals surface area contributed by atoms with Gasteiger partial charge >= 0.3 is 0 Å². The molecule has 5 heteroatoms. The Balaban J connectivity index is 2.00. The van der Waals surface area contributed by atoms with Crippen molar-refractivity contribution < 1.29 is 9.53 Å². The molecule has 0 saturated heterocycles. The number of benzene rings is 2. The standard InChI is InChI=1S/C21H22N2O3/c1-21(2,3)13-9-10-18(26-4)17(11-13)23-20(25)15-12-22-16-8-6-5-7-14(16)19(15)24/h5-12H,1-4H3,(H,22,24)(H,23,25). The van der Waals surface area contributed by atoms with Crippen LogP contribution in [-0.4, -0.2) is 18.0 Å². The molecule has 2 N–H and O–H groups in total. The van der Waals surface area contributed by atoms with Crippen LogP contribution in [0.5, 0.6) is 5.75 Å². The van der Waals surface area contributed by atoms with E-state index in [2.05, 4.69) is 31.1 Å². The largest absolute Gasteiger partial charge is 0.495 e. The highest BCUT2D eigenvalue weighted by molar-refractivity contribution is 6.06. The van der Waals surface area contributed by atoms with E-state index >= 15 is 0 Å². The lowest BCUT2D eigenvalue weighted by Gasteiger charge is -2.21. The fourth-order valence-corrected chi connectivity index (χ4v) is 2.80. The van der Waals surface area contributed by atoms with Crippen molar-refractivity contribution in [2.24, 2.45) is 0 Å². The van der Waals surface area contributed by atoms with Gasteiger partial charge in [-0.05, 0) is 35.2 Å². The van der Waals surface area contributed by atoms with Crippen LogP contribution in [0, 0.1) is 0 Å². The fraction of sp³-hybridized carbons (Fsp3) is 0.238. The number of methoxy groups -OCH3 is 1. The molecule has 3 rings (SSSR count). The van der Waals surface area contributed by atoms with Gasteiger partial charge in [-0.1, -0.05) is 39.0 Å². The van der Waals surface area contributed by atoms with E-state index in [0.29, 0.717) is 22.3 Å². The van der Waals surface area contributed by atoms with Crippen LogP contribution in [0.15, 0.2) is 53.5 Å². The Labute approximate surface area is 152 Å². The van der Waals surface area contributed by atoms with Gasteiger partial charge in [-0.2, -0.15) is 0 Å². The van der Waals surface area contributed by atoms with E-state index in [9.17, 15) is 9.59 Å². The highest BCUT2D eigenvalue weighted by Crippen LogP contribution is 2.31. The average molecular weight is 350 g/mol. The summed E-state index contributed by atoms with van der Waals surface area (Å²) in [6, 6.07) is 12.8. The molecule has 0 aliphatic heterocycles. The van der Waals surface area contributed by atoms with Crippen LogP contribution in [-0.2, 0) is 5.41 Å². The van der Waals surface area contributed by atoms with E-state index in [1.807, 2.05) is 24.3 Å². The minimum atomic E-state index is -0.471. The van der Waals surface area contributed by atoms with Crippen LogP contribution < -0.4 is 15.5 Å². The molecule has 0 fully saturated rings. The predicted molar refractivity (Wildman–Crippen MR) is 104 cm³/mol. The summed E-state index contributed by atoms with van der Waals surface area (Å²) >= 11 is 0. The van der Waals surface area contributed by atoms with Crippen molar-refractivity contribution in [3.8, 4) is 5.75 Å². The van der Waals surface area contributed by atoms with Crippen molar-refractivity contribution in [1.82, 2.24) is 4.98 Å². The molecule has 0 unspecified atom stereocenters. The highest BCUT2D eigenvalue weighted by Gasteiger charge is 2.19. The number of amides is 1. The number of pyridine rings is 1. The fourth-order valence-electron chi connectivity index (χ4n) is 2.80. The van der Waals surface area contributed by atoms with Gasteiger partial charge in [0, 0.05) is 17.1 Å². The molecule has 2 aromatic carbocycles. The van der Waals surface area contributed by atoms with Gasteiger partial charge in [-0.15, -0.1) is 0 Å². The second-order valence-corrected chi connectivity index (χ2v) is 7.20. The van der Waals surface area contributed by atoms with Crippen molar-refractivity contribution in [3.63, 3.8) is 0 Å². The monoisotopic (exact) mass is 350 g/mol. The minimum Gasteiger partial charge on any atom is -0.495 e. The molecule has 0 saturated carbocycles. The quantitative estimate of drug-likeness (QED) is 0.747. The molecular weight excluding hydrogens is 328 g/mol. The molecule has 26 heavy (non-hydrogen) atoms. The molecule has 0 aliphatic rings. The number of carbonyl (C=O) groups is 1. The molecular formula is C21H22N2O3. The Bertz CT molecular complexity index is 1030. The summed E-state index contributed by atoms with van der Waals surface area (Å²) in [5, 5.41) is 3.29. The summed E-state index contributed by atoms with van der Waals surface area (Å²) < 4.78 is 5.35. The highest BCUT2D eigenvalue weighted by atomic mass is 16.5. The lowest BCUT2D eigenvalue weighted by atomic mass is 9.87. The van der Waals surface area contributed by atoms with Gasteiger partial charge < -0.3 is 15.0 Å². The van der Waals surface area contributed by atoms with E-state index in [0.717, 1.165) is 5.56 Å². The van der Waals surface area contributed by atoms with Crippen LogP contribution in [0.3, 0.4) is 0 Å². The number of aromatic nitrogens is 1. The third kappa shape index (κ3) is 3.33. The Morgan fingerprint density at radius 1 is 1.12 bits per heavy atom. The van der Waals surface area contributed by atoms with Crippen LogP contribution in [0.4, 0.5) is 5.69 Å². The summed E-state index contributed by atoms with van der Waals surface area (Å²) in [4.78, 5) is 28.3. The smallest absolute Gasteiger partial charge is 0.261 e. The zero-order valence-electron chi connectivity index (χ0n) is 15.3.